The Morgan fingerprint density at radius 2 is 1.80 bits per heavy atom. The molecule has 12 heteroatoms. The van der Waals surface area contributed by atoms with Crippen LogP contribution in [0.2, 0.25) is 5.02 Å². The van der Waals surface area contributed by atoms with Gasteiger partial charge in [-0.25, -0.2) is 9.58 Å². The van der Waals surface area contributed by atoms with Crippen LogP contribution in [-0.2, 0) is 16.6 Å². The topological polar surface area (TPSA) is 109 Å². The third-order valence-corrected chi connectivity index (χ3v) is 7.95. The van der Waals surface area contributed by atoms with Crippen LogP contribution in [0.15, 0.2) is 87.0 Å². The minimum atomic E-state index is -0.502. The standard InChI is InChI=1S/C29H23BrClN5O4S/c1-17-26(28(39)36(34(17)2)22-6-4-3-5-7-22)35-27(38)24(41-29(35)32)15-18-14-19(30)8-13-23(18)40-16-25(37)33-21-11-9-20(31)10-12-21/h3-15,32H,16H2,1-2H3,(H,33,37)/b24-15-,32-29?. The van der Waals surface area contributed by atoms with Crippen molar-refractivity contribution >= 4 is 73.7 Å². The Kier molecular flexibility index (Phi) is 8.20. The highest BCUT2D eigenvalue weighted by Crippen LogP contribution is 2.37. The number of nitrogens with one attached hydrogen (secondary N) is 2. The lowest BCUT2D eigenvalue weighted by Gasteiger charge is -2.12. The van der Waals surface area contributed by atoms with Gasteiger partial charge in [-0.15, -0.1) is 0 Å². The van der Waals surface area contributed by atoms with Gasteiger partial charge in [-0.1, -0.05) is 45.7 Å². The van der Waals surface area contributed by atoms with Crippen molar-refractivity contribution in [2.24, 2.45) is 7.05 Å². The molecule has 1 aromatic heterocycles. The molecule has 0 bridgehead atoms. The smallest absolute Gasteiger partial charge is 0.296 e. The van der Waals surface area contributed by atoms with E-state index in [1.165, 1.54) is 4.68 Å². The molecule has 2 amide bonds. The first-order valence-electron chi connectivity index (χ1n) is 12.3. The minimum Gasteiger partial charge on any atom is -0.483 e. The predicted molar refractivity (Wildman–Crippen MR) is 166 cm³/mol. The fourth-order valence-corrected chi connectivity index (χ4v) is 5.62. The molecule has 1 saturated heterocycles. The van der Waals surface area contributed by atoms with Crippen molar-refractivity contribution in [2.45, 2.75) is 6.92 Å². The first-order chi connectivity index (χ1) is 19.6. The SMILES string of the molecule is Cc1c(N2C(=N)S/C(=C\c3cc(Br)ccc3OCC(=O)Nc3ccc(Cl)cc3)C2=O)c(=O)n(-c2ccccc2)n1C. The third-order valence-electron chi connectivity index (χ3n) is 6.32. The van der Waals surface area contributed by atoms with Gasteiger partial charge in [0.2, 0.25) is 0 Å². The normalized spacial score (nSPS) is 14.1. The molecule has 9 nitrogen and oxygen atoms in total. The summed E-state index contributed by atoms with van der Waals surface area (Å²) >= 11 is 10.3. The summed E-state index contributed by atoms with van der Waals surface area (Å²) in [6.45, 7) is 1.46. The van der Waals surface area contributed by atoms with Crippen LogP contribution < -0.4 is 20.5 Å². The number of benzene rings is 3. The van der Waals surface area contributed by atoms with Gasteiger partial charge in [0, 0.05) is 27.8 Å². The second kappa shape index (κ2) is 11.8. The maximum atomic E-state index is 13.6. The van der Waals surface area contributed by atoms with Gasteiger partial charge in [0.1, 0.15) is 11.4 Å². The van der Waals surface area contributed by atoms with Crippen LogP contribution in [-0.4, -0.2) is 33.0 Å². The lowest BCUT2D eigenvalue weighted by atomic mass is 10.2. The van der Waals surface area contributed by atoms with Crippen LogP contribution in [0.4, 0.5) is 11.4 Å². The van der Waals surface area contributed by atoms with Gasteiger partial charge in [0.25, 0.3) is 17.4 Å². The van der Waals surface area contributed by atoms with Crippen molar-refractivity contribution in [3.8, 4) is 11.4 Å². The monoisotopic (exact) mass is 651 g/mol. The van der Waals surface area contributed by atoms with Crippen molar-refractivity contribution < 1.29 is 14.3 Å². The summed E-state index contributed by atoms with van der Waals surface area (Å²) in [6, 6.07) is 21.0. The van der Waals surface area contributed by atoms with E-state index in [2.05, 4.69) is 21.2 Å². The van der Waals surface area contributed by atoms with Crippen LogP contribution in [0, 0.1) is 12.3 Å². The van der Waals surface area contributed by atoms with Gasteiger partial charge in [-0.05, 0) is 79.4 Å². The van der Waals surface area contributed by atoms with E-state index >= 15 is 0 Å². The van der Waals surface area contributed by atoms with Crippen molar-refractivity contribution in [1.29, 1.82) is 5.41 Å². The Balaban J connectivity index is 1.40. The molecule has 0 unspecified atom stereocenters. The van der Waals surface area contributed by atoms with E-state index < -0.39 is 11.5 Å². The van der Waals surface area contributed by atoms with Crippen LogP contribution in [0.3, 0.4) is 0 Å². The minimum absolute atomic E-state index is 0.0907. The molecule has 1 aliphatic heterocycles. The zero-order valence-corrected chi connectivity index (χ0v) is 25.0. The lowest BCUT2D eigenvalue weighted by Crippen LogP contribution is -2.33. The molecule has 208 valence electrons. The molecule has 41 heavy (non-hydrogen) atoms. The molecular formula is C29H23BrClN5O4S. The molecule has 2 N–H and O–H groups in total. The summed E-state index contributed by atoms with van der Waals surface area (Å²) in [5.41, 5.74) is 2.00. The molecule has 0 atom stereocenters. The van der Waals surface area contributed by atoms with E-state index in [0.717, 1.165) is 21.1 Å². The van der Waals surface area contributed by atoms with Gasteiger partial charge < -0.3 is 10.1 Å². The summed E-state index contributed by atoms with van der Waals surface area (Å²) in [4.78, 5) is 40.9. The molecule has 3 aromatic carbocycles. The third kappa shape index (κ3) is 5.88. The molecule has 0 aliphatic carbocycles. The van der Waals surface area contributed by atoms with Crippen LogP contribution >= 0.6 is 39.3 Å². The zero-order valence-electron chi connectivity index (χ0n) is 21.9. The first kappa shape index (κ1) is 28.5. The molecule has 4 aromatic rings. The van der Waals surface area contributed by atoms with Crippen molar-refractivity contribution in [3.05, 3.63) is 109 Å². The molecule has 1 fully saturated rings. The summed E-state index contributed by atoms with van der Waals surface area (Å²) in [7, 11) is 1.73. The number of amidine groups is 1. The second-order valence-electron chi connectivity index (χ2n) is 8.99. The van der Waals surface area contributed by atoms with Crippen LogP contribution in [0.25, 0.3) is 11.8 Å². The van der Waals surface area contributed by atoms with E-state index in [4.69, 9.17) is 21.7 Å². The average Bonchev–Trinajstić information content (AvgIpc) is 3.34. The molecule has 1 aliphatic rings. The van der Waals surface area contributed by atoms with E-state index in [9.17, 15) is 14.4 Å². The number of aromatic nitrogens is 2. The number of halogens is 2. The average molecular weight is 653 g/mol. The van der Waals surface area contributed by atoms with Crippen LogP contribution in [0.5, 0.6) is 5.75 Å². The second-order valence-corrected chi connectivity index (χ2v) is 11.4. The molecule has 0 spiro atoms. The maximum absolute atomic E-state index is 13.6. The predicted octanol–water partition coefficient (Wildman–Crippen LogP) is 5.97. The number of para-hydroxylation sites is 1. The summed E-state index contributed by atoms with van der Waals surface area (Å²) in [6.07, 6.45) is 1.59. The quantitative estimate of drug-likeness (QED) is 0.239. The van der Waals surface area contributed by atoms with Crippen molar-refractivity contribution in [3.63, 3.8) is 0 Å². The highest BCUT2D eigenvalue weighted by Gasteiger charge is 2.38. The van der Waals surface area contributed by atoms with E-state index in [0.29, 0.717) is 33.4 Å². The molecule has 0 saturated carbocycles. The summed E-state index contributed by atoms with van der Waals surface area (Å²) < 4.78 is 9.65. The van der Waals surface area contributed by atoms with Gasteiger partial charge in [-0.2, -0.15) is 0 Å². The lowest BCUT2D eigenvalue weighted by molar-refractivity contribution is -0.118. The number of rotatable bonds is 7. The van der Waals surface area contributed by atoms with Crippen LogP contribution in [0.1, 0.15) is 11.3 Å². The Hall–Kier alpha value is -4.06. The highest BCUT2D eigenvalue weighted by atomic mass is 79.9. The fourth-order valence-electron chi connectivity index (χ4n) is 4.28. The van der Waals surface area contributed by atoms with E-state index in [1.807, 2.05) is 18.2 Å². The van der Waals surface area contributed by atoms with Gasteiger partial charge in [0.05, 0.1) is 16.3 Å². The molecule has 2 heterocycles. The van der Waals surface area contributed by atoms with Crippen molar-refractivity contribution in [1.82, 2.24) is 9.36 Å². The number of carbonyl (C=O) groups excluding carboxylic acids is 2. The summed E-state index contributed by atoms with van der Waals surface area (Å²) in [5, 5.41) is 11.8. The Labute approximate surface area is 253 Å². The largest absolute Gasteiger partial charge is 0.483 e. The number of hydrogen-bond acceptors (Lipinski definition) is 6. The highest BCUT2D eigenvalue weighted by molar-refractivity contribution is 9.10. The Bertz CT molecular complexity index is 1770. The number of hydrogen-bond donors (Lipinski definition) is 2. The molecule has 0 radical (unpaired) electrons. The Morgan fingerprint density at radius 1 is 1.10 bits per heavy atom. The molecule has 5 rings (SSSR count). The zero-order chi connectivity index (χ0) is 29.3. The summed E-state index contributed by atoms with van der Waals surface area (Å²) in [5.74, 6) is -0.507. The van der Waals surface area contributed by atoms with Gasteiger partial charge in [-0.3, -0.25) is 24.5 Å². The first-order valence-corrected chi connectivity index (χ1v) is 14.3. The number of thioether (sulfide) groups is 1. The maximum Gasteiger partial charge on any atom is 0.296 e. The number of anilines is 2. The number of nitrogens with zero attached hydrogens (tertiary/aromatic N) is 3. The number of amides is 2. The van der Waals surface area contributed by atoms with E-state index in [-0.39, 0.29) is 28.3 Å². The molecular weight excluding hydrogens is 630 g/mol. The van der Waals surface area contributed by atoms with Gasteiger partial charge in [0.15, 0.2) is 11.8 Å². The van der Waals surface area contributed by atoms with Gasteiger partial charge >= 0.3 is 0 Å². The van der Waals surface area contributed by atoms with Crippen molar-refractivity contribution in [2.75, 3.05) is 16.8 Å². The Morgan fingerprint density at radius 3 is 2.51 bits per heavy atom. The number of ether oxygens (including phenoxy) is 1. The van der Waals surface area contributed by atoms with E-state index in [1.54, 1.807) is 79.3 Å². The number of carbonyl (C=O) groups is 2. The fraction of sp³-hybridized carbons (Fsp3) is 0.103.